The molecule has 0 amide bonds. The summed E-state index contributed by atoms with van der Waals surface area (Å²) in [4.78, 5) is 0. The van der Waals surface area contributed by atoms with Crippen LogP contribution in [0, 0.1) is 5.92 Å². The maximum atomic E-state index is 6.08. The predicted molar refractivity (Wildman–Crippen MR) is 85.5 cm³/mol. The third kappa shape index (κ3) is 3.79. The van der Waals surface area contributed by atoms with Crippen LogP contribution in [0.5, 0.6) is 0 Å². The van der Waals surface area contributed by atoms with Gasteiger partial charge in [0, 0.05) is 18.9 Å². The van der Waals surface area contributed by atoms with Crippen LogP contribution in [0.25, 0.3) is 0 Å². The van der Waals surface area contributed by atoms with E-state index in [9.17, 15) is 0 Å². The molecule has 2 unspecified atom stereocenters. The van der Waals surface area contributed by atoms with Crippen LogP contribution >= 0.6 is 11.8 Å². The third-order valence-corrected chi connectivity index (χ3v) is 5.55. The molecular formula is C15H26N4OS. The van der Waals surface area contributed by atoms with E-state index >= 15 is 0 Å². The van der Waals surface area contributed by atoms with Crippen molar-refractivity contribution in [3.8, 4) is 0 Å². The Bertz CT molecular complexity index is 456. The van der Waals surface area contributed by atoms with Gasteiger partial charge in [-0.1, -0.05) is 19.1 Å². The SMILES string of the molecule is CC(C)CNCc1cn(C2CCOC3(CCSC3)C2)nn1. The van der Waals surface area contributed by atoms with E-state index in [0.717, 1.165) is 44.0 Å². The molecule has 2 aliphatic rings. The lowest BCUT2D eigenvalue weighted by atomic mass is 9.90. The Hall–Kier alpha value is -0.590. The molecule has 0 aliphatic carbocycles. The van der Waals surface area contributed by atoms with Crippen molar-refractivity contribution in [3.05, 3.63) is 11.9 Å². The molecule has 5 nitrogen and oxygen atoms in total. The number of nitrogens with one attached hydrogen (secondary N) is 1. The Kier molecular flexibility index (Phi) is 4.86. The standard InChI is InChI=1S/C15H26N4OS/c1-12(2)8-16-9-13-10-19(18-17-13)14-3-5-20-15(7-14)4-6-21-11-15/h10,12,14,16H,3-9,11H2,1-2H3. The highest BCUT2D eigenvalue weighted by Crippen LogP contribution is 2.41. The van der Waals surface area contributed by atoms with E-state index < -0.39 is 0 Å². The van der Waals surface area contributed by atoms with E-state index in [-0.39, 0.29) is 5.60 Å². The number of aromatic nitrogens is 3. The van der Waals surface area contributed by atoms with Crippen molar-refractivity contribution in [2.45, 2.75) is 51.3 Å². The molecule has 3 heterocycles. The molecule has 1 aromatic heterocycles. The molecule has 21 heavy (non-hydrogen) atoms. The van der Waals surface area contributed by atoms with Crippen LogP contribution in [0.4, 0.5) is 0 Å². The molecule has 2 atom stereocenters. The molecule has 0 aromatic carbocycles. The van der Waals surface area contributed by atoms with Crippen molar-refractivity contribution < 1.29 is 4.74 Å². The van der Waals surface area contributed by atoms with E-state index in [0.29, 0.717) is 12.0 Å². The first kappa shape index (κ1) is 15.3. The minimum absolute atomic E-state index is 0.107. The van der Waals surface area contributed by atoms with Crippen LogP contribution in [0.3, 0.4) is 0 Å². The molecule has 118 valence electrons. The number of hydrogen-bond acceptors (Lipinski definition) is 5. The van der Waals surface area contributed by atoms with Gasteiger partial charge in [-0.3, -0.25) is 0 Å². The first-order valence-electron chi connectivity index (χ1n) is 8.00. The summed E-state index contributed by atoms with van der Waals surface area (Å²) >= 11 is 2.02. The van der Waals surface area contributed by atoms with E-state index in [1.165, 1.54) is 12.2 Å². The fourth-order valence-corrected chi connectivity index (χ4v) is 4.53. The quantitative estimate of drug-likeness (QED) is 0.904. The summed E-state index contributed by atoms with van der Waals surface area (Å²) in [5.74, 6) is 3.03. The van der Waals surface area contributed by atoms with Crippen LogP contribution in [0.2, 0.25) is 0 Å². The maximum Gasteiger partial charge on any atom is 0.0964 e. The van der Waals surface area contributed by atoms with Gasteiger partial charge in [-0.15, -0.1) is 5.10 Å². The molecule has 3 rings (SSSR count). The summed E-state index contributed by atoms with van der Waals surface area (Å²) in [5.41, 5.74) is 1.15. The maximum absolute atomic E-state index is 6.08. The van der Waals surface area contributed by atoms with Crippen molar-refractivity contribution in [2.24, 2.45) is 5.92 Å². The monoisotopic (exact) mass is 310 g/mol. The third-order valence-electron chi connectivity index (χ3n) is 4.32. The van der Waals surface area contributed by atoms with Gasteiger partial charge in [-0.25, -0.2) is 4.68 Å². The fraction of sp³-hybridized carbons (Fsp3) is 0.867. The average Bonchev–Trinajstić information content (AvgIpc) is 3.09. The Morgan fingerprint density at radius 2 is 2.48 bits per heavy atom. The Labute approximate surface area is 131 Å². The van der Waals surface area contributed by atoms with Crippen LogP contribution in [-0.4, -0.2) is 45.3 Å². The number of ether oxygens (including phenoxy) is 1. The van der Waals surface area contributed by atoms with Crippen molar-refractivity contribution in [1.29, 1.82) is 0 Å². The smallest absolute Gasteiger partial charge is 0.0964 e. The van der Waals surface area contributed by atoms with Crippen LogP contribution < -0.4 is 5.32 Å². The highest BCUT2D eigenvalue weighted by molar-refractivity contribution is 7.99. The van der Waals surface area contributed by atoms with Gasteiger partial charge in [0.15, 0.2) is 0 Å². The molecule has 0 saturated carbocycles. The lowest BCUT2D eigenvalue weighted by Gasteiger charge is -2.37. The van der Waals surface area contributed by atoms with Gasteiger partial charge in [0.25, 0.3) is 0 Å². The number of rotatable bonds is 5. The van der Waals surface area contributed by atoms with Gasteiger partial charge in [0.1, 0.15) is 0 Å². The highest BCUT2D eigenvalue weighted by Gasteiger charge is 2.41. The molecule has 6 heteroatoms. The molecule has 0 bridgehead atoms. The number of nitrogens with zero attached hydrogens (tertiary/aromatic N) is 3. The molecule has 1 spiro atoms. The lowest BCUT2D eigenvalue weighted by molar-refractivity contribution is -0.0780. The normalized spacial score (nSPS) is 29.6. The van der Waals surface area contributed by atoms with E-state index in [1.807, 2.05) is 11.8 Å². The number of thioether (sulfide) groups is 1. The van der Waals surface area contributed by atoms with Gasteiger partial charge in [0.2, 0.25) is 0 Å². The molecule has 1 aromatic rings. The van der Waals surface area contributed by atoms with E-state index in [4.69, 9.17) is 4.74 Å². The van der Waals surface area contributed by atoms with Crippen molar-refractivity contribution in [1.82, 2.24) is 20.3 Å². The molecule has 0 radical (unpaired) electrons. The van der Waals surface area contributed by atoms with Crippen LogP contribution in [-0.2, 0) is 11.3 Å². The average molecular weight is 310 g/mol. The minimum Gasteiger partial charge on any atom is -0.374 e. The highest BCUT2D eigenvalue weighted by atomic mass is 32.2. The van der Waals surface area contributed by atoms with Gasteiger partial charge < -0.3 is 10.1 Å². The summed E-state index contributed by atoms with van der Waals surface area (Å²) in [6, 6.07) is 0.448. The minimum atomic E-state index is 0.107. The van der Waals surface area contributed by atoms with E-state index in [2.05, 4.69) is 40.4 Å². The van der Waals surface area contributed by atoms with Crippen LogP contribution in [0.1, 0.15) is 44.8 Å². The number of hydrogen-bond donors (Lipinski definition) is 1. The van der Waals surface area contributed by atoms with Crippen molar-refractivity contribution in [2.75, 3.05) is 24.7 Å². The van der Waals surface area contributed by atoms with Gasteiger partial charge in [0.05, 0.1) is 23.5 Å². The molecule has 2 saturated heterocycles. The molecule has 1 N–H and O–H groups in total. The zero-order valence-corrected chi connectivity index (χ0v) is 13.9. The zero-order valence-electron chi connectivity index (χ0n) is 13.0. The summed E-state index contributed by atoms with van der Waals surface area (Å²) in [6.07, 6.45) is 5.43. The second-order valence-electron chi connectivity index (χ2n) is 6.70. The van der Waals surface area contributed by atoms with Gasteiger partial charge in [-0.2, -0.15) is 11.8 Å². The lowest BCUT2D eigenvalue weighted by Crippen LogP contribution is -2.40. The summed E-state index contributed by atoms with van der Waals surface area (Å²) in [7, 11) is 0. The Balaban J connectivity index is 1.57. The summed E-state index contributed by atoms with van der Waals surface area (Å²) < 4.78 is 8.15. The first-order valence-corrected chi connectivity index (χ1v) is 9.15. The second-order valence-corrected chi connectivity index (χ2v) is 7.80. The largest absolute Gasteiger partial charge is 0.374 e. The Morgan fingerprint density at radius 3 is 3.24 bits per heavy atom. The Morgan fingerprint density at radius 1 is 1.57 bits per heavy atom. The van der Waals surface area contributed by atoms with Crippen molar-refractivity contribution in [3.63, 3.8) is 0 Å². The van der Waals surface area contributed by atoms with Crippen molar-refractivity contribution >= 4 is 11.8 Å². The van der Waals surface area contributed by atoms with Gasteiger partial charge in [-0.05, 0) is 37.5 Å². The van der Waals surface area contributed by atoms with Crippen LogP contribution in [0.15, 0.2) is 6.20 Å². The topological polar surface area (TPSA) is 52.0 Å². The van der Waals surface area contributed by atoms with Gasteiger partial charge >= 0.3 is 0 Å². The molecule has 2 fully saturated rings. The molecule has 2 aliphatic heterocycles. The predicted octanol–water partition coefficient (Wildman–Crippen LogP) is 2.25. The summed E-state index contributed by atoms with van der Waals surface area (Å²) in [6.45, 7) is 7.11. The van der Waals surface area contributed by atoms with E-state index in [1.54, 1.807) is 0 Å². The molecular weight excluding hydrogens is 284 g/mol. The summed E-state index contributed by atoms with van der Waals surface area (Å²) in [5, 5.41) is 12.1. The second kappa shape index (κ2) is 6.67. The zero-order chi connectivity index (χ0) is 14.7. The first-order chi connectivity index (χ1) is 10.2. The fourth-order valence-electron chi connectivity index (χ4n) is 3.15.